The third kappa shape index (κ3) is 4.48. The molecule has 0 fully saturated rings. The molecule has 3 N–H and O–H groups in total. The smallest absolute Gasteiger partial charge is 0.382 e. The first kappa shape index (κ1) is 17.3. The molecule has 23 heavy (non-hydrogen) atoms. The fraction of sp³-hybridized carbons (Fsp3) is 0.438. The summed E-state index contributed by atoms with van der Waals surface area (Å²) in [4.78, 5) is 3.95. The molecule has 0 aliphatic rings. The molecule has 126 valence electrons. The van der Waals surface area contributed by atoms with Gasteiger partial charge in [0.2, 0.25) is 0 Å². The van der Waals surface area contributed by atoms with Gasteiger partial charge in [0.05, 0.1) is 6.33 Å². The minimum atomic E-state index is -4.34. The van der Waals surface area contributed by atoms with Crippen molar-refractivity contribution in [1.82, 2.24) is 14.9 Å². The van der Waals surface area contributed by atoms with E-state index in [0.717, 1.165) is 0 Å². The van der Waals surface area contributed by atoms with Gasteiger partial charge in [-0.25, -0.2) is 4.98 Å². The van der Waals surface area contributed by atoms with E-state index in [2.05, 4.69) is 10.3 Å². The molecule has 0 amide bonds. The zero-order chi connectivity index (χ0) is 17.1. The van der Waals surface area contributed by atoms with Gasteiger partial charge in [0.15, 0.2) is 0 Å². The second kappa shape index (κ2) is 6.62. The van der Waals surface area contributed by atoms with Crippen LogP contribution in [0.5, 0.6) is 0 Å². The summed E-state index contributed by atoms with van der Waals surface area (Å²) in [5, 5.41) is 2.62. The highest BCUT2D eigenvalue weighted by Gasteiger charge is 2.40. The molecule has 1 unspecified atom stereocenters. The zero-order valence-corrected chi connectivity index (χ0v) is 13.1. The molecule has 1 aromatic carbocycles. The summed E-state index contributed by atoms with van der Waals surface area (Å²) < 4.78 is 41.6. The van der Waals surface area contributed by atoms with Crippen LogP contribution in [0.4, 0.5) is 19.0 Å². The van der Waals surface area contributed by atoms with Gasteiger partial charge in [-0.05, 0) is 32.4 Å². The normalized spacial score (nSPS) is 14.0. The zero-order valence-electron chi connectivity index (χ0n) is 13.1. The van der Waals surface area contributed by atoms with E-state index < -0.39 is 12.2 Å². The number of anilines is 1. The lowest BCUT2D eigenvalue weighted by atomic mass is 9.99. The fourth-order valence-electron chi connectivity index (χ4n) is 2.39. The molecule has 0 saturated heterocycles. The van der Waals surface area contributed by atoms with Crippen LogP contribution in [-0.4, -0.2) is 22.3 Å². The molecule has 1 heterocycles. The van der Waals surface area contributed by atoms with E-state index in [0.29, 0.717) is 12.2 Å². The van der Waals surface area contributed by atoms with Crippen molar-refractivity contribution in [3.05, 3.63) is 48.4 Å². The lowest BCUT2D eigenvalue weighted by Gasteiger charge is -2.28. The molecular formula is C16H21F3N4. The van der Waals surface area contributed by atoms with Gasteiger partial charge >= 0.3 is 6.18 Å². The quantitative estimate of drug-likeness (QED) is 0.854. The molecule has 1 aromatic heterocycles. The van der Waals surface area contributed by atoms with Crippen LogP contribution in [0.2, 0.25) is 0 Å². The Bertz CT molecular complexity index is 620. The Balaban J connectivity index is 2.02. The molecule has 2 aromatic rings. The Kier molecular flexibility index (Phi) is 4.99. The van der Waals surface area contributed by atoms with E-state index in [1.54, 1.807) is 30.7 Å². The first-order valence-electron chi connectivity index (χ1n) is 7.35. The van der Waals surface area contributed by atoms with Gasteiger partial charge < -0.3 is 15.6 Å². The van der Waals surface area contributed by atoms with E-state index in [4.69, 9.17) is 5.73 Å². The molecular weight excluding hydrogens is 305 g/mol. The first-order valence-corrected chi connectivity index (χ1v) is 7.35. The molecule has 0 aliphatic carbocycles. The number of nitrogen functional groups attached to an aromatic ring is 1. The van der Waals surface area contributed by atoms with E-state index in [-0.39, 0.29) is 17.6 Å². The summed E-state index contributed by atoms with van der Waals surface area (Å²) in [6.45, 7) is 4.08. The number of alkyl halides is 3. The number of nitrogens with two attached hydrogens (primary N) is 1. The van der Waals surface area contributed by atoms with Crippen molar-refractivity contribution in [2.45, 2.75) is 38.0 Å². The van der Waals surface area contributed by atoms with Crippen molar-refractivity contribution >= 4 is 5.82 Å². The third-order valence-electron chi connectivity index (χ3n) is 3.85. The molecule has 0 radical (unpaired) electrons. The van der Waals surface area contributed by atoms with Crippen molar-refractivity contribution < 1.29 is 13.2 Å². The Morgan fingerprint density at radius 3 is 2.39 bits per heavy atom. The van der Waals surface area contributed by atoms with Gasteiger partial charge in [-0.15, -0.1) is 0 Å². The van der Waals surface area contributed by atoms with E-state index in [9.17, 15) is 13.2 Å². The van der Waals surface area contributed by atoms with Crippen molar-refractivity contribution in [3.8, 4) is 0 Å². The molecule has 0 aliphatic heterocycles. The van der Waals surface area contributed by atoms with Crippen LogP contribution in [0.25, 0.3) is 0 Å². The lowest BCUT2D eigenvalue weighted by Crippen LogP contribution is -2.37. The molecule has 0 saturated carbocycles. The van der Waals surface area contributed by atoms with E-state index in [1.165, 1.54) is 12.1 Å². The number of aromatic nitrogens is 2. The SMILES string of the molecule is CC(C)(CCNC(c1ccccc1)C(F)(F)F)n1cnc(N)c1. The number of nitrogens with zero attached hydrogens (tertiary/aromatic N) is 2. The second-order valence-corrected chi connectivity index (χ2v) is 6.11. The summed E-state index contributed by atoms with van der Waals surface area (Å²) in [5.74, 6) is 0.392. The van der Waals surface area contributed by atoms with Crippen LogP contribution >= 0.6 is 0 Å². The van der Waals surface area contributed by atoms with Crippen molar-refractivity contribution in [2.24, 2.45) is 0 Å². The molecule has 4 nitrogen and oxygen atoms in total. The predicted octanol–water partition coefficient (Wildman–Crippen LogP) is 3.48. The monoisotopic (exact) mass is 326 g/mol. The molecule has 2 rings (SSSR count). The number of hydrogen-bond donors (Lipinski definition) is 2. The summed E-state index contributed by atoms with van der Waals surface area (Å²) in [6, 6.07) is 6.19. The van der Waals surface area contributed by atoms with Gasteiger partial charge in [0, 0.05) is 11.7 Å². The van der Waals surface area contributed by atoms with Gasteiger partial charge in [-0.3, -0.25) is 0 Å². The largest absolute Gasteiger partial charge is 0.407 e. The number of halogens is 3. The van der Waals surface area contributed by atoms with Crippen molar-refractivity contribution in [2.75, 3.05) is 12.3 Å². The van der Waals surface area contributed by atoms with E-state index >= 15 is 0 Å². The topological polar surface area (TPSA) is 55.9 Å². The average molecular weight is 326 g/mol. The number of imidazole rings is 1. The summed E-state index contributed by atoms with van der Waals surface area (Å²) in [7, 11) is 0. The van der Waals surface area contributed by atoms with Gasteiger partial charge in [0.25, 0.3) is 0 Å². The Morgan fingerprint density at radius 1 is 1.22 bits per heavy atom. The lowest BCUT2D eigenvalue weighted by molar-refractivity contribution is -0.157. The third-order valence-corrected chi connectivity index (χ3v) is 3.85. The highest BCUT2D eigenvalue weighted by molar-refractivity contribution is 5.23. The van der Waals surface area contributed by atoms with Crippen LogP contribution in [0.1, 0.15) is 31.9 Å². The van der Waals surface area contributed by atoms with Gasteiger partial charge in [-0.2, -0.15) is 13.2 Å². The van der Waals surface area contributed by atoms with Gasteiger partial charge in [-0.1, -0.05) is 30.3 Å². The Morgan fingerprint density at radius 2 is 1.87 bits per heavy atom. The molecule has 0 spiro atoms. The summed E-state index contributed by atoms with van der Waals surface area (Å²) in [6.07, 6.45) is -0.570. The van der Waals surface area contributed by atoms with Crippen LogP contribution in [-0.2, 0) is 5.54 Å². The second-order valence-electron chi connectivity index (χ2n) is 6.11. The van der Waals surface area contributed by atoms with Crippen molar-refractivity contribution in [1.29, 1.82) is 0 Å². The summed E-state index contributed by atoms with van der Waals surface area (Å²) >= 11 is 0. The maximum absolute atomic E-state index is 13.3. The number of rotatable bonds is 6. The Hall–Kier alpha value is -2.02. The highest BCUT2D eigenvalue weighted by Crippen LogP contribution is 2.32. The number of hydrogen-bond acceptors (Lipinski definition) is 3. The van der Waals surface area contributed by atoms with Crippen LogP contribution in [0.3, 0.4) is 0 Å². The van der Waals surface area contributed by atoms with Crippen LogP contribution in [0, 0.1) is 0 Å². The minimum Gasteiger partial charge on any atom is -0.382 e. The van der Waals surface area contributed by atoms with Crippen LogP contribution < -0.4 is 11.1 Å². The standard InChI is InChI=1S/C16H21F3N4/c1-15(2,23-10-13(20)22-11-23)8-9-21-14(16(17,18)19)12-6-4-3-5-7-12/h3-7,10-11,14,21H,8-9,20H2,1-2H3. The number of benzene rings is 1. The number of nitrogens with one attached hydrogen (secondary N) is 1. The maximum atomic E-state index is 13.3. The average Bonchev–Trinajstić information content (AvgIpc) is 2.91. The van der Waals surface area contributed by atoms with Gasteiger partial charge in [0.1, 0.15) is 11.9 Å². The predicted molar refractivity (Wildman–Crippen MR) is 83.8 cm³/mol. The fourth-order valence-corrected chi connectivity index (χ4v) is 2.39. The molecule has 0 bridgehead atoms. The van der Waals surface area contributed by atoms with Crippen molar-refractivity contribution in [3.63, 3.8) is 0 Å². The first-order chi connectivity index (χ1) is 10.7. The van der Waals surface area contributed by atoms with E-state index in [1.807, 2.05) is 18.4 Å². The summed E-state index contributed by atoms with van der Waals surface area (Å²) in [5.41, 5.74) is 5.42. The van der Waals surface area contributed by atoms with Crippen LogP contribution in [0.15, 0.2) is 42.9 Å². The molecule has 1 atom stereocenters. The molecule has 7 heteroatoms. The maximum Gasteiger partial charge on any atom is 0.407 e. The Labute approximate surface area is 133 Å². The minimum absolute atomic E-state index is 0.212. The highest BCUT2D eigenvalue weighted by atomic mass is 19.4.